The van der Waals surface area contributed by atoms with Crippen LogP contribution in [0.4, 0.5) is 0 Å². The molecule has 652 valence electrons. The molecule has 0 aliphatic carbocycles. The number of nitrogens with one attached hydrogen (secondary N) is 6. The fraction of sp³-hybridized carbons (Fsp3) is 0.289. The predicted molar refractivity (Wildman–Crippen MR) is 492 cm³/mol. The number of aryl methyl sites for hydroxylation is 4. The largest absolute Gasteiger partial charge is 0.344 e. The third kappa shape index (κ3) is 19.2. The summed E-state index contributed by atoms with van der Waals surface area (Å²) in [7, 11) is 11.4. The molecular weight excluding hydrogens is 1690 g/mol. The first-order valence-electron chi connectivity index (χ1n) is 40.7. The normalized spacial score (nSPS) is 12.5. The second kappa shape index (κ2) is 39.5. The van der Waals surface area contributed by atoms with Crippen LogP contribution in [0.3, 0.4) is 0 Å². The molecule has 4 aromatic carbocycles. The van der Waals surface area contributed by atoms with Gasteiger partial charge in [0.2, 0.25) is 0 Å². The summed E-state index contributed by atoms with van der Waals surface area (Å²) in [5, 5.41) is 42.2. The van der Waals surface area contributed by atoms with E-state index in [1.807, 2.05) is 153 Å². The van der Waals surface area contributed by atoms with Crippen molar-refractivity contribution >= 4 is 136 Å². The Morgan fingerprint density at radius 2 is 0.571 bits per heavy atom. The minimum atomic E-state index is -0.432. The standard InChI is InChI=1S/2C23H25ClN6O2.2C22H23ClN6O2/c2*1-14(26-22(31)19-15(2)27-30-10-6-9-25-21(19)30)18-13-16-7-5-8-17(24)20(16)23(32)29(18)12-11-28(3)4;2*1-13(26-21(30)18-14(2)27-29-10-5-8-25-20(18)29)17-12-15-6-4-7-16(23)19(15)22(31)28(17)11-9-24-3/h2*5-10,13-14H,11-12H2,1-4H3,(H,26,31);2*4-8,10,12-13,24H,9,11H2,1-3H3,(H,26,30)/t2*14-;2*13-/m0000/s1. The number of pyridine rings is 4. The molecule has 32 nitrogen and oxygen atoms in total. The summed E-state index contributed by atoms with van der Waals surface area (Å²) in [5.41, 5.74) is 8.11. The quantitative estimate of drug-likeness (QED) is 0.0327. The van der Waals surface area contributed by atoms with Crippen LogP contribution < -0.4 is 54.1 Å². The predicted octanol–water partition coefficient (Wildman–Crippen LogP) is 11.6. The van der Waals surface area contributed by atoms with E-state index in [1.165, 1.54) is 0 Å². The van der Waals surface area contributed by atoms with Crippen LogP contribution in [0.1, 0.15) is 139 Å². The third-order valence-corrected chi connectivity index (χ3v) is 22.8. The second-order valence-electron chi connectivity index (χ2n) is 30.9. The Morgan fingerprint density at radius 1 is 0.349 bits per heavy atom. The van der Waals surface area contributed by atoms with E-state index in [2.05, 4.69) is 72.2 Å². The fourth-order valence-electron chi connectivity index (χ4n) is 15.3. The number of hydrogen-bond acceptors (Lipinski definition) is 20. The number of likely N-dealkylation sites (N-methyl/N-ethyl adjacent to an activating group) is 4. The van der Waals surface area contributed by atoms with E-state index in [0.717, 1.165) is 21.5 Å². The van der Waals surface area contributed by atoms with Gasteiger partial charge in [-0.25, -0.2) is 38.0 Å². The summed E-state index contributed by atoms with van der Waals surface area (Å²) in [6.45, 7) is 18.9. The van der Waals surface area contributed by atoms with Crippen molar-refractivity contribution in [3.8, 4) is 0 Å². The molecule has 36 heteroatoms. The average Bonchev–Trinajstić information content (AvgIpc) is 1.12. The molecule has 16 aromatic rings. The van der Waals surface area contributed by atoms with Crippen molar-refractivity contribution in [2.24, 2.45) is 0 Å². The molecule has 0 bridgehead atoms. The molecule has 0 spiro atoms. The van der Waals surface area contributed by atoms with Crippen molar-refractivity contribution in [3.63, 3.8) is 0 Å². The highest BCUT2D eigenvalue weighted by Gasteiger charge is 2.29. The Hall–Kier alpha value is -12.9. The Morgan fingerprint density at radius 3 is 0.786 bits per heavy atom. The number of aromatic nitrogens is 16. The van der Waals surface area contributed by atoms with E-state index in [0.29, 0.717) is 184 Å². The maximum atomic E-state index is 13.4. The number of rotatable bonds is 24. The van der Waals surface area contributed by atoms with Gasteiger partial charge in [-0.05, 0) is 192 Å². The molecule has 6 N–H and O–H groups in total. The van der Waals surface area contributed by atoms with Gasteiger partial charge >= 0.3 is 0 Å². The summed E-state index contributed by atoms with van der Waals surface area (Å²) in [6.07, 6.45) is 13.5. The molecule has 0 fully saturated rings. The lowest BCUT2D eigenvalue weighted by Gasteiger charge is -2.22. The molecule has 126 heavy (non-hydrogen) atoms. The maximum Gasteiger partial charge on any atom is 0.260 e. The van der Waals surface area contributed by atoms with E-state index in [9.17, 15) is 38.4 Å². The van der Waals surface area contributed by atoms with Gasteiger partial charge in [0, 0.05) is 125 Å². The number of halogens is 4. The van der Waals surface area contributed by atoms with Crippen LogP contribution in [0.5, 0.6) is 0 Å². The van der Waals surface area contributed by atoms with Gasteiger partial charge < -0.3 is 60.0 Å². The smallest absolute Gasteiger partial charge is 0.260 e. The Labute approximate surface area is 743 Å². The molecule has 12 heterocycles. The number of amides is 4. The molecule has 0 radical (unpaired) electrons. The number of benzene rings is 4. The zero-order valence-corrected chi connectivity index (χ0v) is 75.0. The Bertz CT molecular complexity index is 6690. The van der Waals surface area contributed by atoms with Gasteiger partial charge in [0.25, 0.3) is 45.9 Å². The van der Waals surface area contributed by atoms with Gasteiger partial charge in [-0.2, -0.15) is 20.4 Å². The van der Waals surface area contributed by atoms with E-state index in [4.69, 9.17) is 46.4 Å². The highest BCUT2D eigenvalue weighted by Crippen LogP contribution is 2.31. The number of carbonyl (C=O) groups is 4. The minimum absolute atomic E-state index is 0.167. The monoisotopic (exact) mass is 1780 g/mol. The summed E-state index contributed by atoms with van der Waals surface area (Å²) < 4.78 is 13.0. The van der Waals surface area contributed by atoms with Gasteiger partial charge in [-0.1, -0.05) is 94.9 Å². The number of hydrogen-bond donors (Lipinski definition) is 6. The summed E-state index contributed by atoms with van der Waals surface area (Å²) in [4.78, 5) is 127. The molecular formula is C90H96Cl4N24O8. The molecule has 12 aromatic heterocycles. The maximum absolute atomic E-state index is 13.4. The Kier molecular flexibility index (Phi) is 28.5. The topological polar surface area (TPSA) is 356 Å². The average molecular weight is 1780 g/mol. The lowest BCUT2D eigenvalue weighted by atomic mass is 10.1. The second-order valence-corrected chi connectivity index (χ2v) is 32.5. The van der Waals surface area contributed by atoms with Crippen molar-refractivity contribution in [3.05, 3.63) is 300 Å². The van der Waals surface area contributed by atoms with Crippen molar-refractivity contribution in [1.29, 1.82) is 0 Å². The van der Waals surface area contributed by atoms with Crippen LogP contribution in [-0.2, 0) is 26.2 Å². The lowest BCUT2D eigenvalue weighted by molar-refractivity contribution is 0.0930. The van der Waals surface area contributed by atoms with Crippen LogP contribution in [0.2, 0.25) is 20.1 Å². The molecule has 16 rings (SSSR count). The van der Waals surface area contributed by atoms with Crippen molar-refractivity contribution in [1.82, 2.24) is 118 Å². The van der Waals surface area contributed by atoms with Crippen LogP contribution in [0, 0.1) is 27.7 Å². The first-order valence-corrected chi connectivity index (χ1v) is 42.2. The van der Waals surface area contributed by atoms with E-state index in [1.54, 1.807) is 162 Å². The zero-order chi connectivity index (χ0) is 90.2. The first-order chi connectivity index (χ1) is 60.4. The Balaban J connectivity index is 0.000000144. The molecule has 0 aliphatic heterocycles. The van der Waals surface area contributed by atoms with Crippen molar-refractivity contribution < 1.29 is 19.2 Å². The molecule has 4 amide bonds. The van der Waals surface area contributed by atoms with Gasteiger partial charge in [-0.3, -0.25) is 38.4 Å². The summed E-state index contributed by atoms with van der Waals surface area (Å²) >= 11 is 25.3. The molecule has 0 aliphatic rings. The first kappa shape index (κ1) is 90.8. The van der Waals surface area contributed by atoms with Crippen molar-refractivity contribution in [2.45, 2.75) is 106 Å². The number of nitrogens with zero attached hydrogens (tertiary/aromatic N) is 18. The van der Waals surface area contributed by atoms with Gasteiger partial charge in [0.1, 0.15) is 22.3 Å². The van der Waals surface area contributed by atoms with Crippen molar-refractivity contribution in [2.75, 3.05) is 68.5 Å². The highest BCUT2D eigenvalue weighted by atomic mass is 35.5. The fourth-order valence-corrected chi connectivity index (χ4v) is 16.4. The molecule has 0 saturated heterocycles. The number of fused-ring (bicyclic) bond motifs is 8. The molecule has 0 unspecified atom stereocenters. The molecule has 0 saturated carbocycles. The zero-order valence-electron chi connectivity index (χ0n) is 72.0. The van der Waals surface area contributed by atoms with Gasteiger partial charge in [0.05, 0.1) is 88.6 Å². The van der Waals surface area contributed by atoms with Crippen LogP contribution in [-0.4, -0.2) is 179 Å². The minimum Gasteiger partial charge on any atom is -0.344 e. The highest BCUT2D eigenvalue weighted by molar-refractivity contribution is 6.37. The third-order valence-electron chi connectivity index (χ3n) is 21.5. The van der Waals surface area contributed by atoms with Gasteiger partial charge in [0.15, 0.2) is 22.6 Å². The lowest BCUT2D eigenvalue weighted by Crippen LogP contribution is -2.34. The van der Waals surface area contributed by atoms with Crippen LogP contribution in [0.15, 0.2) is 190 Å². The molecule has 4 atom stereocenters. The SMILES string of the molecule is CNCCn1c([C@H](C)NC(=O)c2c(C)nn3cccnc23)cc2cccc(Cl)c2c1=O.CNCCn1c([C@H](C)NC(=O)c2c(C)nn3cccnc23)cc2cccc(Cl)c2c1=O.Cc1nn2cccnc2c1C(=O)N[C@@H](C)c1cc2cccc(Cl)c2c(=O)n1CCN(C)C.Cc1nn2cccnc2c1C(=O)N[C@@H](C)c1cc2cccc(Cl)c2c(=O)n1CCN(C)C. The van der Waals surface area contributed by atoms with E-state index < -0.39 is 24.2 Å². The van der Waals surface area contributed by atoms with Crippen LogP contribution in [0.25, 0.3) is 65.7 Å². The summed E-state index contributed by atoms with van der Waals surface area (Å²) in [5.74, 6) is -1.17. The van der Waals surface area contributed by atoms with E-state index >= 15 is 0 Å². The van der Waals surface area contributed by atoms with E-state index in [-0.39, 0.29) is 45.9 Å². The van der Waals surface area contributed by atoms with Crippen LogP contribution >= 0.6 is 46.4 Å². The number of carbonyl (C=O) groups excluding carboxylic acids is 4. The summed E-state index contributed by atoms with van der Waals surface area (Å²) in [6, 6.07) is 34.5. The van der Waals surface area contributed by atoms with Gasteiger partial charge in [-0.15, -0.1) is 0 Å².